The van der Waals surface area contributed by atoms with Crippen LogP contribution in [0.3, 0.4) is 0 Å². The van der Waals surface area contributed by atoms with Crippen molar-refractivity contribution < 1.29 is 29.8 Å². The number of hydrogen-bond acceptors (Lipinski definition) is 2. The number of nitrogens with two attached hydrogens (primary N) is 1. The Hall–Kier alpha value is -0.942. The maximum Gasteiger partial charge on any atom is 0.150 e. The van der Waals surface area contributed by atoms with Gasteiger partial charge in [-0.25, -0.2) is 8.78 Å². The number of halogens is 2. The number of nitriles is 1. The van der Waals surface area contributed by atoms with Gasteiger partial charge in [0.05, 0.1) is 11.6 Å². The topological polar surface area (TPSA) is 49.8 Å². The summed E-state index contributed by atoms with van der Waals surface area (Å²) in [5.74, 6) is -1.80. The van der Waals surface area contributed by atoms with Gasteiger partial charge in [0, 0.05) is 21.1 Å². The van der Waals surface area contributed by atoms with Gasteiger partial charge in [-0.3, -0.25) is 0 Å². The zero-order valence-corrected chi connectivity index (χ0v) is 9.78. The minimum atomic E-state index is -0.901. The third-order valence-electron chi connectivity index (χ3n) is 1.21. The van der Waals surface area contributed by atoms with E-state index in [0.717, 1.165) is 12.1 Å². The van der Waals surface area contributed by atoms with Gasteiger partial charge in [-0.2, -0.15) is 5.26 Å². The molecule has 0 bridgehead atoms. The van der Waals surface area contributed by atoms with Crippen molar-refractivity contribution in [3.05, 3.63) is 36.8 Å². The first-order chi connectivity index (χ1) is 5.15. The predicted molar refractivity (Wildman–Crippen MR) is 41.9 cm³/mol. The molecule has 2 nitrogen and oxygen atoms in total. The first-order valence-corrected chi connectivity index (χ1v) is 2.79. The Morgan fingerprint density at radius 2 is 1.62 bits per heavy atom. The zero-order chi connectivity index (χ0) is 8.43. The Bertz CT molecular complexity index is 310. The third-order valence-corrected chi connectivity index (χ3v) is 1.21. The van der Waals surface area contributed by atoms with Crippen molar-refractivity contribution in [3.63, 3.8) is 0 Å². The molecule has 1 aromatic rings. The third kappa shape index (κ3) is 3.12. The van der Waals surface area contributed by atoms with Gasteiger partial charge in [0.2, 0.25) is 0 Å². The fraction of sp³-hybridized carbons (Fsp3) is 0. The van der Waals surface area contributed by atoms with Gasteiger partial charge in [0.1, 0.15) is 17.3 Å². The summed E-state index contributed by atoms with van der Waals surface area (Å²) in [4.78, 5) is 0. The van der Waals surface area contributed by atoms with Crippen LogP contribution >= 0.6 is 0 Å². The molecule has 1 aromatic carbocycles. The Morgan fingerprint density at radius 1 is 1.23 bits per heavy atom. The quantitative estimate of drug-likeness (QED) is 0.572. The van der Waals surface area contributed by atoms with Crippen LogP contribution in [0.25, 0.3) is 0 Å². The Labute approximate surface area is 89.6 Å². The molecule has 0 unspecified atom stereocenters. The average molecular weight is 353 g/mol. The molecule has 0 amide bonds. The number of rotatable bonds is 0. The normalized spacial score (nSPS) is 7.77. The molecule has 0 atom stereocenters. The molecule has 0 fully saturated rings. The summed E-state index contributed by atoms with van der Waals surface area (Å²) in [5.41, 5.74) is 4.32. The molecule has 0 aliphatic rings. The first kappa shape index (κ1) is 14.6. The second-order valence-electron chi connectivity index (χ2n) is 1.97. The molecule has 70 valence electrons. The molecule has 0 saturated carbocycles. The van der Waals surface area contributed by atoms with Crippen LogP contribution in [0.2, 0.25) is 0 Å². The van der Waals surface area contributed by atoms with E-state index in [1.54, 1.807) is 6.07 Å². The summed E-state index contributed by atoms with van der Waals surface area (Å²) >= 11 is 0. The van der Waals surface area contributed by atoms with Gasteiger partial charge in [0.15, 0.2) is 0 Å². The van der Waals surface area contributed by atoms with Crippen LogP contribution in [0.15, 0.2) is 12.1 Å². The fourth-order valence-electron chi connectivity index (χ4n) is 0.649. The van der Waals surface area contributed by atoms with E-state index in [1.165, 1.54) is 0 Å². The SMILES string of the molecule is N#Cc1cc(F)c(N)c(F)c1.[CH3-].[W]. The summed E-state index contributed by atoms with van der Waals surface area (Å²) in [6.07, 6.45) is 0. The van der Waals surface area contributed by atoms with Crippen LogP contribution in [0.4, 0.5) is 14.5 Å². The Balaban J connectivity index is 0. The van der Waals surface area contributed by atoms with E-state index in [9.17, 15) is 8.78 Å². The minimum absolute atomic E-state index is 0. The first-order valence-electron chi connectivity index (χ1n) is 2.79. The fourth-order valence-corrected chi connectivity index (χ4v) is 0.649. The van der Waals surface area contributed by atoms with E-state index in [4.69, 9.17) is 11.0 Å². The smallest absolute Gasteiger partial charge is 0.150 e. The van der Waals surface area contributed by atoms with Gasteiger partial charge in [0.25, 0.3) is 0 Å². The Kier molecular flexibility index (Phi) is 6.35. The summed E-state index contributed by atoms with van der Waals surface area (Å²) in [7, 11) is 0. The van der Waals surface area contributed by atoms with Gasteiger partial charge >= 0.3 is 0 Å². The van der Waals surface area contributed by atoms with Gasteiger partial charge in [-0.05, 0) is 12.1 Å². The van der Waals surface area contributed by atoms with Crippen molar-refractivity contribution in [1.82, 2.24) is 0 Å². The van der Waals surface area contributed by atoms with Crippen molar-refractivity contribution in [2.45, 2.75) is 0 Å². The number of hydrogen-bond donors (Lipinski definition) is 1. The molecular formula is C8H7F2N2W-. The molecule has 2 N–H and O–H groups in total. The monoisotopic (exact) mass is 353 g/mol. The van der Waals surface area contributed by atoms with E-state index in [1.807, 2.05) is 0 Å². The number of benzene rings is 1. The molecule has 0 radical (unpaired) electrons. The summed E-state index contributed by atoms with van der Waals surface area (Å²) < 4.78 is 25.0. The van der Waals surface area contributed by atoms with Gasteiger partial charge in [-0.1, -0.05) is 0 Å². The predicted octanol–water partition coefficient (Wildman–Crippen LogP) is 1.87. The Morgan fingerprint density at radius 3 is 1.92 bits per heavy atom. The summed E-state index contributed by atoms with van der Waals surface area (Å²) in [6, 6.07) is 3.37. The second-order valence-corrected chi connectivity index (χ2v) is 1.97. The van der Waals surface area contributed by atoms with Crippen LogP contribution < -0.4 is 5.73 Å². The number of anilines is 1. The van der Waals surface area contributed by atoms with Crippen LogP contribution in [0.1, 0.15) is 5.56 Å². The zero-order valence-electron chi connectivity index (χ0n) is 6.84. The molecule has 5 heteroatoms. The van der Waals surface area contributed by atoms with Crippen molar-refractivity contribution in [1.29, 1.82) is 5.26 Å². The second kappa shape index (κ2) is 5.66. The van der Waals surface area contributed by atoms with E-state index < -0.39 is 17.3 Å². The molecule has 0 aliphatic heterocycles. The molecule has 0 spiro atoms. The van der Waals surface area contributed by atoms with E-state index in [2.05, 4.69) is 0 Å². The van der Waals surface area contributed by atoms with Crippen LogP contribution in [-0.2, 0) is 21.1 Å². The maximum atomic E-state index is 12.5. The number of nitrogen functional groups attached to an aromatic ring is 1. The van der Waals surface area contributed by atoms with Crippen LogP contribution in [-0.4, -0.2) is 0 Å². The minimum Gasteiger partial charge on any atom is -0.394 e. The van der Waals surface area contributed by atoms with Crippen molar-refractivity contribution in [2.75, 3.05) is 5.73 Å². The molecule has 0 heterocycles. The van der Waals surface area contributed by atoms with Crippen molar-refractivity contribution in [3.8, 4) is 6.07 Å². The van der Waals surface area contributed by atoms with E-state index in [0.29, 0.717) is 0 Å². The van der Waals surface area contributed by atoms with Crippen LogP contribution in [0.5, 0.6) is 0 Å². The summed E-state index contributed by atoms with van der Waals surface area (Å²) in [6.45, 7) is 0. The maximum absolute atomic E-state index is 12.5. The van der Waals surface area contributed by atoms with Crippen LogP contribution in [0, 0.1) is 30.4 Å². The standard InChI is InChI=1S/C7H4F2N2.CH3.W/c8-5-1-4(3-10)2-6(9)7(5)11;;/h1-2H,11H2;1H3;/q;-1;. The van der Waals surface area contributed by atoms with Crippen molar-refractivity contribution >= 4 is 5.69 Å². The van der Waals surface area contributed by atoms with Gasteiger partial charge < -0.3 is 13.2 Å². The van der Waals surface area contributed by atoms with E-state index in [-0.39, 0.29) is 34.1 Å². The molecule has 0 aliphatic carbocycles. The average Bonchev–Trinajstić information content (AvgIpc) is 1.99. The largest absolute Gasteiger partial charge is 0.394 e. The molecule has 0 aromatic heterocycles. The van der Waals surface area contributed by atoms with Crippen molar-refractivity contribution in [2.24, 2.45) is 0 Å². The summed E-state index contributed by atoms with van der Waals surface area (Å²) in [5, 5.41) is 8.25. The molecule has 1 rings (SSSR count). The molecule has 0 saturated heterocycles. The molecular weight excluding hydrogens is 346 g/mol. The van der Waals surface area contributed by atoms with Gasteiger partial charge in [-0.15, -0.1) is 0 Å². The number of nitrogens with zero attached hydrogens (tertiary/aromatic N) is 1. The van der Waals surface area contributed by atoms with E-state index >= 15 is 0 Å². The molecule has 13 heavy (non-hydrogen) atoms.